The van der Waals surface area contributed by atoms with Gasteiger partial charge in [-0.15, -0.1) is 0 Å². The summed E-state index contributed by atoms with van der Waals surface area (Å²) in [5.74, 6) is -0.666. The first kappa shape index (κ1) is 14.8. The van der Waals surface area contributed by atoms with Crippen LogP contribution in [0.25, 0.3) is 0 Å². The van der Waals surface area contributed by atoms with E-state index in [-0.39, 0.29) is 44.2 Å². The highest BCUT2D eigenvalue weighted by Gasteiger charge is 2.27. The Hall–Kier alpha value is -0.200. The average molecular weight is 221 g/mol. The van der Waals surface area contributed by atoms with E-state index in [1.54, 1.807) is 0 Å². The predicted molar refractivity (Wildman–Crippen MR) is 57.1 cm³/mol. The highest BCUT2D eigenvalue weighted by Crippen LogP contribution is 2.25. The van der Waals surface area contributed by atoms with E-state index in [1.807, 2.05) is 0 Å². The Balaban J connectivity index is 4.38. The molecule has 0 atom stereocenters. The van der Waals surface area contributed by atoms with Gasteiger partial charge in [0.2, 0.25) is 0 Å². The Morgan fingerprint density at radius 2 is 1.20 bits per heavy atom. The normalized spacial score (nSPS) is 12.0. The van der Waals surface area contributed by atoms with E-state index in [2.05, 4.69) is 0 Å². The summed E-state index contributed by atoms with van der Waals surface area (Å²) in [7, 11) is 0. The minimum atomic E-state index is -0.291. The molecule has 0 heterocycles. The molecule has 0 aliphatic rings. The first-order valence-corrected chi connectivity index (χ1v) is 5.38. The molecule has 0 aromatic rings. The van der Waals surface area contributed by atoms with Gasteiger partial charge in [-0.1, -0.05) is 0 Å². The van der Waals surface area contributed by atoms with Crippen LogP contribution < -0.4 is 5.73 Å². The lowest BCUT2D eigenvalue weighted by atomic mass is 9.79. The smallest absolute Gasteiger partial charge is 0.0483 e. The molecule has 15 heavy (non-hydrogen) atoms. The Morgan fingerprint density at radius 3 is 1.47 bits per heavy atom. The minimum absolute atomic E-state index is 0.0847. The first-order chi connectivity index (χ1) is 7.24. The maximum absolute atomic E-state index is 9.08. The second kappa shape index (κ2) is 9.06. The molecule has 0 aliphatic heterocycles. The summed E-state index contributed by atoms with van der Waals surface area (Å²) in [5.41, 5.74) is 5.39. The van der Waals surface area contributed by atoms with E-state index >= 15 is 0 Å². The quantitative estimate of drug-likeness (QED) is 0.327. The Bertz CT molecular complexity index is 125. The van der Waals surface area contributed by atoms with Crippen LogP contribution in [0.5, 0.6) is 0 Å². The van der Waals surface area contributed by atoms with Crippen molar-refractivity contribution in [1.29, 1.82) is 0 Å². The monoisotopic (exact) mass is 221 g/mol. The second-order valence-corrected chi connectivity index (χ2v) is 3.85. The van der Waals surface area contributed by atoms with Crippen molar-refractivity contribution in [3.05, 3.63) is 0 Å². The van der Waals surface area contributed by atoms with E-state index in [4.69, 9.17) is 26.2 Å². The first-order valence-electron chi connectivity index (χ1n) is 5.38. The Kier molecular flexibility index (Phi) is 8.94. The van der Waals surface area contributed by atoms with E-state index < -0.39 is 0 Å². The molecule has 0 saturated carbocycles. The molecule has 6 N–H and O–H groups in total. The van der Waals surface area contributed by atoms with E-state index in [9.17, 15) is 0 Å². The fourth-order valence-corrected chi connectivity index (χ4v) is 1.87. The topological polar surface area (TPSA) is 107 Å². The number of nitrogens with two attached hydrogens (primary N) is 1. The highest BCUT2D eigenvalue weighted by molar-refractivity contribution is 4.76. The van der Waals surface area contributed by atoms with E-state index in [0.717, 1.165) is 6.42 Å². The van der Waals surface area contributed by atoms with Gasteiger partial charge < -0.3 is 26.2 Å². The molecule has 0 aromatic carbocycles. The Labute approximate surface area is 90.5 Å². The van der Waals surface area contributed by atoms with Crippen LogP contribution in [0.1, 0.15) is 12.8 Å². The molecule has 0 saturated heterocycles. The molecular formula is C10H23NO4. The molecule has 0 rings (SSSR count). The van der Waals surface area contributed by atoms with Crippen LogP contribution in [-0.4, -0.2) is 53.4 Å². The maximum Gasteiger partial charge on any atom is 0.0483 e. The van der Waals surface area contributed by atoms with Crippen molar-refractivity contribution in [2.75, 3.05) is 33.0 Å². The van der Waals surface area contributed by atoms with Crippen molar-refractivity contribution in [2.45, 2.75) is 12.8 Å². The molecule has 0 bridgehead atoms. The third-order valence-corrected chi connectivity index (χ3v) is 2.89. The molecule has 5 heteroatoms. The summed E-state index contributed by atoms with van der Waals surface area (Å²) in [6.07, 6.45) is 1.46. The number of hydrogen-bond acceptors (Lipinski definition) is 5. The summed E-state index contributed by atoms with van der Waals surface area (Å²) >= 11 is 0. The van der Waals surface area contributed by atoms with Crippen LogP contribution in [0.2, 0.25) is 0 Å². The molecule has 0 amide bonds. The van der Waals surface area contributed by atoms with Gasteiger partial charge in [0.1, 0.15) is 0 Å². The van der Waals surface area contributed by atoms with Gasteiger partial charge in [0.15, 0.2) is 0 Å². The summed E-state index contributed by atoms with van der Waals surface area (Å²) in [4.78, 5) is 0. The van der Waals surface area contributed by atoms with Crippen LogP contribution in [-0.2, 0) is 0 Å². The molecule has 0 unspecified atom stereocenters. The van der Waals surface area contributed by atoms with Gasteiger partial charge in [-0.05, 0) is 25.3 Å². The summed E-state index contributed by atoms with van der Waals surface area (Å²) < 4.78 is 0. The number of hydrogen-bond donors (Lipinski definition) is 5. The van der Waals surface area contributed by atoms with Crippen LogP contribution in [0, 0.1) is 17.8 Å². The van der Waals surface area contributed by atoms with Crippen molar-refractivity contribution in [3.63, 3.8) is 0 Å². The molecular weight excluding hydrogens is 198 g/mol. The van der Waals surface area contributed by atoms with Crippen molar-refractivity contribution in [3.8, 4) is 0 Å². The third kappa shape index (κ3) is 4.90. The van der Waals surface area contributed by atoms with Crippen LogP contribution in [0.15, 0.2) is 0 Å². The fourth-order valence-electron chi connectivity index (χ4n) is 1.87. The lowest BCUT2D eigenvalue weighted by Gasteiger charge is -2.29. The van der Waals surface area contributed by atoms with Crippen LogP contribution in [0.4, 0.5) is 0 Å². The van der Waals surface area contributed by atoms with Gasteiger partial charge in [-0.3, -0.25) is 0 Å². The highest BCUT2D eigenvalue weighted by atomic mass is 16.3. The van der Waals surface area contributed by atoms with E-state index in [0.29, 0.717) is 13.0 Å². The van der Waals surface area contributed by atoms with Gasteiger partial charge in [-0.2, -0.15) is 0 Å². The number of rotatable bonds is 9. The lowest BCUT2D eigenvalue weighted by Crippen LogP contribution is -2.33. The zero-order chi connectivity index (χ0) is 11.7. The summed E-state index contributed by atoms with van der Waals surface area (Å²) in [6, 6.07) is 0. The molecule has 0 fully saturated rings. The molecule has 0 aliphatic carbocycles. The lowest BCUT2D eigenvalue weighted by molar-refractivity contribution is 0.0272. The molecule has 92 valence electrons. The van der Waals surface area contributed by atoms with Gasteiger partial charge >= 0.3 is 0 Å². The second-order valence-electron chi connectivity index (χ2n) is 3.85. The maximum atomic E-state index is 9.08. The van der Waals surface area contributed by atoms with Crippen LogP contribution >= 0.6 is 0 Å². The third-order valence-electron chi connectivity index (χ3n) is 2.89. The standard InChI is InChI=1S/C10H23NO4/c11-3-1-2-10(8(4-12)5-13)9(6-14)7-15/h8-10,12-15H,1-7,11H2. The van der Waals surface area contributed by atoms with Crippen molar-refractivity contribution in [1.82, 2.24) is 0 Å². The van der Waals surface area contributed by atoms with Crippen molar-refractivity contribution >= 4 is 0 Å². The van der Waals surface area contributed by atoms with Crippen molar-refractivity contribution in [2.24, 2.45) is 23.5 Å². The predicted octanol–water partition coefficient (Wildman–Crippen LogP) is -1.46. The number of aliphatic hydroxyl groups excluding tert-OH is 4. The summed E-state index contributed by atoms with van der Waals surface area (Å²) in [6.45, 7) is -0.0153. The van der Waals surface area contributed by atoms with E-state index in [1.165, 1.54) is 0 Å². The zero-order valence-electron chi connectivity index (χ0n) is 9.05. The van der Waals surface area contributed by atoms with Crippen LogP contribution in [0.3, 0.4) is 0 Å². The van der Waals surface area contributed by atoms with Gasteiger partial charge in [0.05, 0.1) is 0 Å². The number of aliphatic hydroxyl groups is 4. The SMILES string of the molecule is NCCCC(C(CO)CO)C(CO)CO. The van der Waals surface area contributed by atoms with Gasteiger partial charge in [0, 0.05) is 38.3 Å². The molecule has 0 aromatic heterocycles. The summed E-state index contributed by atoms with van der Waals surface area (Å²) in [5, 5.41) is 36.3. The minimum Gasteiger partial charge on any atom is -0.396 e. The average Bonchev–Trinajstić information content (AvgIpc) is 2.28. The van der Waals surface area contributed by atoms with Crippen molar-refractivity contribution < 1.29 is 20.4 Å². The fraction of sp³-hybridized carbons (Fsp3) is 1.00. The molecule has 5 nitrogen and oxygen atoms in total. The molecule has 0 radical (unpaired) electrons. The van der Waals surface area contributed by atoms with Gasteiger partial charge in [-0.25, -0.2) is 0 Å². The largest absolute Gasteiger partial charge is 0.396 e. The Morgan fingerprint density at radius 1 is 0.800 bits per heavy atom. The zero-order valence-corrected chi connectivity index (χ0v) is 9.05. The van der Waals surface area contributed by atoms with Gasteiger partial charge in [0.25, 0.3) is 0 Å². The molecule has 0 spiro atoms.